The van der Waals surface area contributed by atoms with E-state index in [0.717, 1.165) is 39.1 Å². The summed E-state index contributed by atoms with van der Waals surface area (Å²) in [7, 11) is 2.16. The van der Waals surface area contributed by atoms with E-state index in [1.54, 1.807) is 0 Å². The predicted molar refractivity (Wildman–Crippen MR) is 98.1 cm³/mol. The monoisotopic (exact) mass is 329 g/mol. The Balaban J connectivity index is 1.77. The van der Waals surface area contributed by atoms with Crippen LogP contribution >= 0.6 is 0 Å². The molecular weight excluding hydrogens is 298 g/mol. The van der Waals surface area contributed by atoms with Crippen LogP contribution in [-0.4, -0.2) is 72.5 Å². The zero-order chi connectivity index (χ0) is 17.1. The molecule has 24 heavy (non-hydrogen) atoms. The Morgan fingerprint density at radius 1 is 1.04 bits per heavy atom. The third-order valence-electron chi connectivity index (χ3n) is 5.74. The maximum absolute atomic E-state index is 13.4. The lowest BCUT2D eigenvalue weighted by Gasteiger charge is -2.40. The molecule has 2 fully saturated rings. The minimum absolute atomic E-state index is 0.0238. The third kappa shape index (κ3) is 3.65. The van der Waals surface area contributed by atoms with Crippen molar-refractivity contribution in [1.29, 1.82) is 0 Å². The van der Waals surface area contributed by atoms with E-state index in [-0.39, 0.29) is 5.92 Å². The Bertz CT molecular complexity index is 537. The van der Waals surface area contributed by atoms with E-state index in [1.807, 2.05) is 6.07 Å². The van der Waals surface area contributed by atoms with E-state index >= 15 is 0 Å². The molecule has 0 aliphatic carbocycles. The van der Waals surface area contributed by atoms with Gasteiger partial charge in [0, 0.05) is 38.3 Å². The van der Waals surface area contributed by atoms with Gasteiger partial charge in [0.2, 0.25) is 5.91 Å². The first-order valence-electron chi connectivity index (χ1n) is 9.36. The van der Waals surface area contributed by atoms with Gasteiger partial charge in [0.05, 0.1) is 5.92 Å². The van der Waals surface area contributed by atoms with Crippen molar-refractivity contribution in [2.75, 3.05) is 39.8 Å². The number of amides is 1. The van der Waals surface area contributed by atoms with Gasteiger partial charge in [-0.2, -0.15) is 0 Å². The molecule has 4 nitrogen and oxygen atoms in total. The Morgan fingerprint density at radius 3 is 2.25 bits per heavy atom. The standard InChI is InChI=1S/C20H31N3O/c1-16(2)22-12-14-23(15-13-22)20(24)19(17-8-5-4-6-9-17)18-10-7-11-21(18)3/h4-6,8-9,16,18-19H,7,10-15H2,1-3H3. The lowest BCUT2D eigenvalue weighted by molar-refractivity contribution is -0.136. The van der Waals surface area contributed by atoms with Crippen LogP contribution in [0.15, 0.2) is 30.3 Å². The van der Waals surface area contributed by atoms with Crippen molar-refractivity contribution in [2.45, 2.75) is 44.7 Å². The fraction of sp³-hybridized carbons (Fsp3) is 0.650. The molecule has 0 aromatic heterocycles. The number of nitrogens with zero attached hydrogens (tertiary/aromatic N) is 3. The summed E-state index contributed by atoms with van der Waals surface area (Å²) in [6.45, 7) is 9.27. The first kappa shape index (κ1) is 17.4. The van der Waals surface area contributed by atoms with Crippen molar-refractivity contribution in [3.05, 3.63) is 35.9 Å². The van der Waals surface area contributed by atoms with E-state index in [0.29, 0.717) is 18.0 Å². The molecule has 2 aliphatic heterocycles. The molecule has 1 aromatic carbocycles. The van der Waals surface area contributed by atoms with E-state index in [1.165, 1.54) is 12.0 Å². The molecular formula is C20H31N3O. The van der Waals surface area contributed by atoms with Crippen molar-refractivity contribution in [3.8, 4) is 0 Å². The smallest absolute Gasteiger partial charge is 0.231 e. The minimum atomic E-state index is -0.0238. The van der Waals surface area contributed by atoms with Gasteiger partial charge in [-0.05, 0) is 45.8 Å². The van der Waals surface area contributed by atoms with Crippen molar-refractivity contribution >= 4 is 5.91 Å². The largest absolute Gasteiger partial charge is 0.340 e. The molecule has 2 unspecified atom stereocenters. The topological polar surface area (TPSA) is 26.8 Å². The highest BCUT2D eigenvalue weighted by Crippen LogP contribution is 2.32. The van der Waals surface area contributed by atoms with Gasteiger partial charge in [0.25, 0.3) is 0 Å². The van der Waals surface area contributed by atoms with Gasteiger partial charge < -0.3 is 9.80 Å². The molecule has 2 atom stereocenters. The molecule has 0 spiro atoms. The first-order valence-corrected chi connectivity index (χ1v) is 9.36. The summed E-state index contributed by atoms with van der Waals surface area (Å²) in [5.74, 6) is 0.299. The minimum Gasteiger partial charge on any atom is -0.340 e. The van der Waals surface area contributed by atoms with E-state index < -0.39 is 0 Å². The zero-order valence-electron chi connectivity index (χ0n) is 15.3. The molecule has 0 N–H and O–H groups in total. The fourth-order valence-electron chi connectivity index (χ4n) is 4.20. The first-order chi connectivity index (χ1) is 11.6. The van der Waals surface area contributed by atoms with E-state index in [4.69, 9.17) is 0 Å². The second kappa shape index (κ2) is 7.66. The van der Waals surface area contributed by atoms with Crippen LogP contribution in [-0.2, 0) is 4.79 Å². The van der Waals surface area contributed by atoms with Crippen LogP contribution in [0.25, 0.3) is 0 Å². The Morgan fingerprint density at radius 2 is 1.71 bits per heavy atom. The third-order valence-corrected chi connectivity index (χ3v) is 5.74. The Kier molecular flexibility index (Phi) is 5.57. The van der Waals surface area contributed by atoms with Gasteiger partial charge in [-0.15, -0.1) is 0 Å². The predicted octanol–water partition coefficient (Wildman–Crippen LogP) is 2.42. The number of rotatable bonds is 4. The highest BCUT2D eigenvalue weighted by Gasteiger charge is 2.38. The Hall–Kier alpha value is -1.39. The quantitative estimate of drug-likeness (QED) is 0.849. The molecule has 2 saturated heterocycles. The number of carbonyl (C=O) groups excluding carboxylic acids is 1. The second-order valence-corrected chi connectivity index (χ2v) is 7.53. The molecule has 2 heterocycles. The van der Waals surface area contributed by atoms with Crippen LogP contribution in [0.5, 0.6) is 0 Å². The lowest BCUT2D eigenvalue weighted by Crippen LogP contribution is -2.53. The number of hydrogen-bond acceptors (Lipinski definition) is 3. The van der Waals surface area contributed by atoms with Gasteiger partial charge in [-0.3, -0.25) is 9.69 Å². The van der Waals surface area contributed by atoms with Gasteiger partial charge in [-0.25, -0.2) is 0 Å². The summed E-state index contributed by atoms with van der Waals surface area (Å²) in [5, 5.41) is 0. The molecule has 1 amide bonds. The van der Waals surface area contributed by atoms with Crippen molar-refractivity contribution in [1.82, 2.24) is 14.7 Å². The summed E-state index contributed by atoms with van der Waals surface area (Å²) < 4.78 is 0. The molecule has 3 rings (SSSR count). The van der Waals surface area contributed by atoms with Crippen LogP contribution < -0.4 is 0 Å². The van der Waals surface area contributed by atoms with Gasteiger partial charge in [-0.1, -0.05) is 30.3 Å². The van der Waals surface area contributed by atoms with Crippen LogP contribution in [0.3, 0.4) is 0 Å². The van der Waals surface area contributed by atoms with Gasteiger partial charge in [0.1, 0.15) is 0 Å². The molecule has 0 saturated carbocycles. The number of likely N-dealkylation sites (tertiary alicyclic amines) is 1. The van der Waals surface area contributed by atoms with E-state index in [9.17, 15) is 4.79 Å². The molecule has 2 aliphatic rings. The number of hydrogen-bond donors (Lipinski definition) is 0. The average Bonchev–Trinajstić information content (AvgIpc) is 3.02. The van der Waals surface area contributed by atoms with Crippen LogP contribution in [0, 0.1) is 0 Å². The molecule has 0 bridgehead atoms. The fourth-order valence-corrected chi connectivity index (χ4v) is 4.20. The summed E-state index contributed by atoms with van der Waals surface area (Å²) in [4.78, 5) is 20.3. The maximum atomic E-state index is 13.4. The van der Waals surface area contributed by atoms with Crippen molar-refractivity contribution in [3.63, 3.8) is 0 Å². The van der Waals surface area contributed by atoms with Crippen LogP contribution in [0.1, 0.15) is 38.2 Å². The number of likely N-dealkylation sites (N-methyl/N-ethyl adjacent to an activating group) is 1. The number of benzene rings is 1. The second-order valence-electron chi connectivity index (χ2n) is 7.53. The van der Waals surface area contributed by atoms with Crippen LogP contribution in [0.2, 0.25) is 0 Å². The lowest BCUT2D eigenvalue weighted by atomic mass is 9.88. The Labute approximate surface area is 146 Å². The maximum Gasteiger partial charge on any atom is 0.231 e. The van der Waals surface area contributed by atoms with Gasteiger partial charge in [0.15, 0.2) is 0 Å². The summed E-state index contributed by atoms with van der Waals surface area (Å²) >= 11 is 0. The summed E-state index contributed by atoms with van der Waals surface area (Å²) in [6, 6.07) is 11.3. The van der Waals surface area contributed by atoms with Crippen molar-refractivity contribution in [2.24, 2.45) is 0 Å². The SMILES string of the molecule is CC(C)N1CCN(C(=O)C(c2ccccc2)C2CCCN2C)CC1. The average molecular weight is 329 g/mol. The van der Waals surface area contributed by atoms with Gasteiger partial charge >= 0.3 is 0 Å². The van der Waals surface area contributed by atoms with Crippen LogP contribution in [0.4, 0.5) is 0 Å². The molecule has 1 aromatic rings. The summed E-state index contributed by atoms with van der Waals surface area (Å²) in [5.41, 5.74) is 1.17. The number of carbonyl (C=O) groups is 1. The van der Waals surface area contributed by atoms with E-state index in [2.05, 4.69) is 59.9 Å². The normalized spacial score (nSPS) is 24.5. The molecule has 0 radical (unpaired) electrons. The number of piperazine rings is 1. The highest BCUT2D eigenvalue weighted by atomic mass is 16.2. The zero-order valence-corrected chi connectivity index (χ0v) is 15.3. The highest BCUT2D eigenvalue weighted by molar-refractivity contribution is 5.84. The molecule has 4 heteroatoms. The molecule has 132 valence electrons. The van der Waals surface area contributed by atoms with Crippen molar-refractivity contribution < 1.29 is 4.79 Å². The summed E-state index contributed by atoms with van der Waals surface area (Å²) in [6.07, 6.45) is 2.31.